The van der Waals surface area contributed by atoms with Crippen LogP contribution in [0.2, 0.25) is 0 Å². The van der Waals surface area contributed by atoms with Gasteiger partial charge in [-0.3, -0.25) is 4.79 Å². The Morgan fingerprint density at radius 1 is 1.36 bits per heavy atom. The highest BCUT2D eigenvalue weighted by molar-refractivity contribution is 5.92. The fraction of sp³-hybridized carbons (Fsp3) is 0.611. The third kappa shape index (κ3) is 5.02. The van der Waals surface area contributed by atoms with E-state index in [2.05, 4.69) is 24.5 Å². The van der Waals surface area contributed by atoms with Crippen molar-refractivity contribution in [3.63, 3.8) is 0 Å². The number of ether oxygens (including phenoxy) is 1. The molecular formula is C18H28N2O2. The number of benzene rings is 1. The average molecular weight is 304 g/mol. The van der Waals surface area contributed by atoms with Crippen molar-refractivity contribution >= 4 is 11.6 Å². The van der Waals surface area contributed by atoms with Crippen molar-refractivity contribution in [2.75, 3.05) is 25.0 Å². The molecular weight excluding hydrogens is 276 g/mol. The summed E-state index contributed by atoms with van der Waals surface area (Å²) in [6.45, 7) is 8.97. The van der Waals surface area contributed by atoms with E-state index in [1.807, 2.05) is 25.1 Å². The molecule has 0 bridgehead atoms. The molecule has 1 aromatic carbocycles. The van der Waals surface area contributed by atoms with Crippen LogP contribution in [0, 0.1) is 18.8 Å². The number of hydrogen-bond donors (Lipinski definition) is 2. The Labute approximate surface area is 133 Å². The van der Waals surface area contributed by atoms with Gasteiger partial charge in [0.25, 0.3) is 0 Å². The van der Waals surface area contributed by atoms with Gasteiger partial charge in [0.15, 0.2) is 0 Å². The highest BCUT2D eigenvalue weighted by Gasteiger charge is 2.21. The molecule has 122 valence electrons. The number of hydrogen-bond acceptors (Lipinski definition) is 3. The van der Waals surface area contributed by atoms with Crippen LogP contribution < -0.4 is 15.4 Å². The summed E-state index contributed by atoms with van der Waals surface area (Å²) in [7, 11) is 0. The Bertz CT molecular complexity index is 494. The molecule has 1 aromatic rings. The Hall–Kier alpha value is -1.55. The summed E-state index contributed by atoms with van der Waals surface area (Å²) in [6, 6.07) is 5.89. The number of piperidine rings is 1. The van der Waals surface area contributed by atoms with Gasteiger partial charge in [-0.15, -0.1) is 0 Å². The summed E-state index contributed by atoms with van der Waals surface area (Å²) in [4.78, 5) is 12.3. The molecule has 1 aliphatic heterocycles. The maximum Gasteiger partial charge on any atom is 0.227 e. The lowest BCUT2D eigenvalue weighted by Gasteiger charge is -2.22. The van der Waals surface area contributed by atoms with Crippen LogP contribution in [0.3, 0.4) is 0 Å². The van der Waals surface area contributed by atoms with E-state index in [0.717, 1.165) is 49.4 Å². The average Bonchev–Trinajstić information content (AvgIpc) is 2.51. The summed E-state index contributed by atoms with van der Waals surface area (Å²) in [5.41, 5.74) is 1.93. The first-order valence-corrected chi connectivity index (χ1v) is 8.31. The largest absolute Gasteiger partial charge is 0.493 e. The standard InChI is InChI=1S/C18H28N2O2/c1-13(2)8-11-22-17-12-16(5-4-14(17)3)20-18(21)15-6-9-19-10-7-15/h4-5,12-13,15,19H,6-11H2,1-3H3,(H,20,21). The Morgan fingerprint density at radius 3 is 2.77 bits per heavy atom. The van der Waals surface area contributed by atoms with E-state index in [1.165, 1.54) is 0 Å². The molecule has 1 heterocycles. The lowest BCUT2D eigenvalue weighted by atomic mass is 9.97. The van der Waals surface area contributed by atoms with Crippen molar-refractivity contribution < 1.29 is 9.53 Å². The van der Waals surface area contributed by atoms with Gasteiger partial charge in [-0.1, -0.05) is 19.9 Å². The molecule has 0 aliphatic carbocycles. The summed E-state index contributed by atoms with van der Waals surface area (Å²) in [5.74, 6) is 1.73. The monoisotopic (exact) mass is 304 g/mol. The van der Waals surface area contributed by atoms with Gasteiger partial charge in [0.2, 0.25) is 5.91 Å². The first kappa shape index (κ1) is 16.8. The van der Waals surface area contributed by atoms with E-state index in [1.54, 1.807) is 0 Å². The van der Waals surface area contributed by atoms with Crippen LogP contribution in [0.4, 0.5) is 5.69 Å². The first-order valence-electron chi connectivity index (χ1n) is 8.31. The predicted molar refractivity (Wildman–Crippen MR) is 90.4 cm³/mol. The molecule has 0 spiro atoms. The second kappa shape index (κ2) is 8.18. The maximum atomic E-state index is 12.3. The van der Waals surface area contributed by atoms with Crippen molar-refractivity contribution in [1.29, 1.82) is 0 Å². The number of aryl methyl sites for hydroxylation is 1. The Morgan fingerprint density at radius 2 is 2.09 bits per heavy atom. The molecule has 0 unspecified atom stereocenters. The van der Waals surface area contributed by atoms with Gasteiger partial charge in [0.1, 0.15) is 5.75 Å². The number of anilines is 1. The number of amides is 1. The third-order valence-electron chi connectivity index (χ3n) is 4.12. The molecule has 1 aliphatic rings. The van der Waals surface area contributed by atoms with Crippen LogP contribution in [0.15, 0.2) is 18.2 Å². The van der Waals surface area contributed by atoms with Gasteiger partial charge in [0.05, 0.1) is 6.61 Å². The molecule has 4 heteroatoms. The second-order valence-corrected chi connectivity index (χ2v) is 6.52. The normalized spacial score (nSPS) is 15.8. The number of carbonyl (C=O) groups is 1. The number of carbonyl (C=O) groups excluding carboxylic acids is 1. The van der Waals surface area contributed by atoms with Crippen molar-refractivity contribution in [1.82, 2.24) is 5.32 Å². The van der Waals surface area contributed by atoms with Gasteiger partial charge in [-0.05, 0) is 56.8 Å². The molecule has 0 saturated carbocycles. The van der Waals surface area contributed by atoms with Crippen LogP contribution in [0.25, 0.3) is 0 Å². The highest BCUT2D eigenvalue weighted by atomic mass is 16.5. The molecule has 1 fully saturated rings. The van der Waals surface area contributed by atoms with Gasteiger partial charge in [-0.25, -0.2) is 0 Å². The number of nitrogens with one attached hydrogen (secondary N) is 2. The molecule has 0 atom stereocenters. The van der Waals surface area contributed by atoms with Crippen molar-refractivity contribution in [2.24, 2.45) is 11.8 Å². The van der Waals surface area contributed by atoms with Gasteiger partial charge < -0.3 is 15.4 Å². The quantitative estimate of drug-likeness (QED) is 0.847. The lowest BCUT2D eigenvalue weighted by molar-refractivity contribution is -0.120. The van der Waals surface area contributed by atoms with Crippen LogP contribution in [0.1, 0.15) is 38.7 Å². The van der Waals surface area contributed by atoms with Crippen molar-refractivity contribution in [3.05, 3.63) is 23.8 Å². The summed E-state index contributed by atoms with van der Waals surface area (Å²) in [6.07, 6.45) is 2.86. The molecule has 0 aromatic heterocycles. The van der Waals surface area contributed by atoms with Crippen molar-refractivity contribution in [2.45, 2.75) is 40.0 Å². The first-order chi connectivity index (χ1) is 10.6. The molecule has 1 amide bonds. The second-order valence-electron chi connectivity index (χ2n) is 6.52. The zero-order chi connectivity index (χ0) is 15.9. The van der Waals surface area contributed by atoms with Crippen LogP contribution >= 0.6 is 0 Å². The predicted octanol–water partition coefficient (Wildman–Crippen LogP) is 3.36. The van der Waals surface area contributed by atoms with Crippen LogP contribution in [0.5, 0.6) is 5.75 Å². The van der Waals surface area contributed by atoms with E-state index in [4.69, 9.17) is 4.74 Å². The molecule has 2 N–H and O–H groups in total. The molecule has 0 radical (unpaired) electrons. The fourth-order valence-corrected chi connectivity index (χ4v) is 2.57. The lowest BCUT2D eigenvalue weighted by Crippen LogP contribution is -2.34. The minimum Gasteiger partial charge on any atom is -0.493 e. The van der Waals surface area contributed by atoms with E-state index < -0.39 is 0 Å². The Kier molecular flexibility index (Phi) is 6.25. The topological polar surface area (TPSA) is 50.4 Å². The van der Waals surface area contributed by atoms with E-state index >= 15 is 0 Å². The van der Waals surface area contributed by atoms with Crippen LogP contribution in [-0.2, 0) is 4.79 Å². The summed E-state index contributed by atoms with van der Waals surface area (Å²) < 4.78 is 5.85. The zero-order valence-electron chi connectivity index (χ0n) is 13.9. The smallest absolute Gasteiger partial charge is 0.227 e. The van der Waals surface area contributed by atoms with E-state index in [9.17, 15) is 4.79 Å². The molecule has 2 rings (SSSR count). The zero-order valence-corrected chi connectivity index (χ0v) is 13.9. The summed E-state index contributed by atoms with van der Waals surface area (Å²) in [5, 5.41) is 6.31. The van der Waals surface area contributed by atoms with E-state index in [0.29, 0.717) is 12.5 Å². The van der Waals surface area contributed by atoms with Gasteiger partial charge >= 0.3 is 0 Å². The van der Waals surface area contributed by atoms with E-state index in [-0.39, 0.29) is 11.8 Å². The highest BCUT2D eigenvalue weighted by Crippen LogP contribution is 2.24. The molecule has 1 saturated heterocycles. The molecule has 4 nitrogen and oxygen atoms in total. The third-order valence-corrected chi connectivity index (χ3v) is 4.12. The van der Waals surface area contributed by atoms with Gasteiger partial charge in [-0.2, -0.15) is 0 Å². The fourth-order valence-electron chi connectivity index (χ4n) is 2.57. The van der Waals surface area contributed by atoms with Crippen LogP contribution in [-0.4, -0.2) is 25.6 Å². The maximum absolute atomic E-state index is 12.3. The van der Waals surface area contributed by atoms with Gasteiger partial charge in [0, 0.05) is 17.7 Å². The SMILES string of the molecule is Cc1ccc(NC(=O)C2CCNCC2)cc1OCCC(C)C. The summed E-state index contributed by atoms with van der Waals surface area (Å²) >= 11 is 0. The minimum absolute atomic E-state index is 0.118. The number of rotatable bonds is 6. The van der Waals surface area contributed by atoms with Crippen molar-refractivity contribution in [3.8, 4) is 5.75 Å². The molecule has 22 heavy (non-hydrogen) atoms. The minimum atomic E-state index is 0.118. The Balaban J connectivity index is 1.94.